The smallest absolute Gasteiger partial charge is 0.414 e. The molecule has 0 saturated heterocycles. The zero-order chi connectivity index (χ0) is 31.6. The Bertz CT molecular complexity index is 1400. The maximum absolute atomic E-state index is 13.3. The first-order valence-corrected chi connectivity index (χ1v) is 16.8. The van der Waals surface area contributed by atoms with Crippen LogP contribution in [0.2, 0.25) is 0 Å². The number of anilines is 1. The SMILES string of the molecule is CCCCN(CCCC)S(=O)(=O)c1ccc(C(=O)Nc2sc3c(c2C(=O)NC(=O)OCC)CCN(C(=O)OCC)C3)cc1. The van der Waals surface area contributed by atoms with E-state index in [0.717, 1.165) is 37.0 Å². The molecule has 1 aliphatic heterocycles. The Morgan fingerprint density at radius 2 is 1.56 bits per heavy atom. The van der Waals surface area contributed by atoms with Crippen molar-refractivity contribution in [1.29, 1.82) is 0 Å². The summed E-state index contributed by atoms with van der Waals surface area (Å²) in [4.78, 5) is 53.0. The van der Waals surface area contributed by atoms with Crippen LogP contribution in [-0.4, -0.2) is 74.5 Å². The molecule has 0 radical (unpaired) electrons. The highest BCUT2D eigenvalue weighted by atomic mass is 32.2. The molecule has 0 bridgehead atoms. The Labute approximate surface area is 256 Å². The number of carbonyl (C=O) groups excluding carboxylic acids is 4. The third kappa shape index (κ3) is 8.54. The summed E-state index contributed by atoms with van der Waals surface area (Å²) in [6, 6.07) is 5.66. The lowest BCUT2D eigenvalue weighted by Crippen LogP contribution is -2.37. The molecule has 3 rings (SSSR count). The topological polar surface area (TPSA) is 151 Å². The van der Waals surface area contributed by atoms with Gasteiger partial charge in [0, 0.05) is 30.1 Å². The first-order chi connectivity index (χ1) is 20.6. The zero-order valence-corrected chi connectivity index (χ0v) is 26.7. The molecule has 0 aliphatic carbocycles. The molecule has 236 valence electrons. The van der Waals surface area contributed by atoms with Crippen LogP contribution in [0.25, 0.3) is 0 Å². The Kier molecular flexibility index (Phi) is 12.5. The van der Waals surface area contributed by atoms with E-state index in [2.05, 4.69) is 10.6 Å². The molecule has 1 aliphatic rings. The number of rotatable bonds is 13. The summed E-state index contributed by atoms with van der Waals surface area (Å²) in [7, 11) is -3.74. The van der Waals surface area contributed by atoms with Crippen molar-refractivity contribution in [1.82, 2.24) is 14.5 Å². The number of thiophene rings is 1. The third-order valence-corrected chi connectivity index (χ3v) is 9.85. The Morgan fingerprint density at radius 1 is 0.930 bits per heavy atom. The van der Waals surface area contributed by atoms with Crippen LogP contribution in [-0.2, 0) is 32.5 Å². The van der Waals surface area contributed by atoms with Crippen LogP contribution < -0.4 is 10.6 Å². The van der Waals surface area contributed by atoms with E-state index in [9.17, 15) is 27.6 Å². The predicted molar refractivity (Wildman–Crippen MR) is 163 cm³/mol. The zero-order valence-electron chi connectivity index (χ0n) is 25.1. The molecule has 2 aromatic rings. The van der Waals surface area contributed by atoms with Crippen molar-refractivity contribution in [2.24, 2.45) is 0 Å². The summed E-state index contributed by atoms with van der Waals surface area (Å²) in [5.74, 6) is -1.31. The minimum Gasteiger partial charge on any atom is -0.450 e. The van der Waals surface area contributed by atoms with Gasteiger partial charge in [0.25, 0.3) is 11.8 Å². The highest BCUT2D eigenvalue weighted by Crippen LogP contribution is 2.37. The fourth-order valence-corrected chi connectivity index (χ4v) is 7.32. The number of imide groups is 1. The maximum Gasteiger partial charge on any atom is 0.414 e. The molecule has 0 spiro atoms. The third-order valence-electron chi connectivity index (χ3n) is 6.80. The number of unbranched alkanes of at least 4 members (excludes halogenated alkanes) is 2. The quantitative estimate of drug-likeness (QED) is 0.312. The molecule has 4 amide bonds. The monoisotopic (exact) mass is 636 g/mol. The van der Waals surface area contributed by atoms with E-state index < -0.39 is 34.0 Å². The van der Waals surface area contributed by atoms with Crippen LogP contribution in [0.1, 0.15) is 84.5 Å². The van der Waals surface area contributed by atoms with E-state index in [0.29, 0.717) is 36.5 Å². The predicted octanol–water partition coefficient (Wildman–Crippen LogP) is 4.99. The van der Waals surface area contributed by atoms with Crippen LogP contribution in [0.3, 0.4) is 0 Å². The van der Waals surface area contributed by atoms with Crippen molar-refractivity contribution < 1.29 is 37.1 Å². The molecule has 43 heavy (non-hydrogen) atoms. The van der Waals surface area contributed by atoms with Crippen LogP contribution in [0.4, 0.5) is 14.6 Å². The number of nitrogens with one attached hydrogen (secondary N) is 2. The van der Waals surface area contributed by atoms with E-state index in [4.69, 9.17) is 9.47 Å². The number of ether oxygens (including phenoxy) is 2. The Balaban J connectivity index is 1.87. The van der Waals surface area contributed by atoms with Gasteiger partial charge >= 0.3 is 12.2 Å². The van der Waals surface area contributed by atoms with Crippen molar-refractivity contribution >= 4 is 50.4 Å². The highest BCUT2D eigenvalue weighted by molar-refractivity contribution is 7.89. The second-order valence-corrected chi connectivity index (χ2v) is 12.9. The lowest BCUT2D eigenvalue weighted by molar-refractivity contribution is 0.0924. The van der Waals surface area contributed by atoms with Gasteiger partial charge in [0.2, 0.25) is 10.0 Å². The molecule has 1 aromatic heterocycles. The number of hydrogen-bond acceptors (Lipinski definition) is 9. The molecule has 2 N–H and O–H groups in total. The van der Waals surface area contributed by atoms with Crippen molar-refractivity contribution in [3.05, 3.63) is 45.8 Å². The van der Waals surface area contributed by atoms with E-state index >= 15 is 0 Å². The second-order valence-electron chi connectivity index (χ2n) is 9.84. The molecule has 0 saturated carbocycles. The molecule has 2 heterocycles. The summed E-state index contributed by atoms with van der Waals surface area (Å²) in [6.07, 6.45) is 2.13. The minimum atomic E-state index is -3.74. The standard InChI is InChI=1S/C29H40N4O8S2/c1-5-9-16-33(17-10-6-2)43(38,39)21-13-11-20(12-14-21)25(34)30-27-24(26(35)31-28(36)40-7-3)22-15-18-32(19-23(22)42-27)29(37)41-8-4/h11-14H,5-10,15-19H2,1-4H3,(H,30,34)(H,31,35,36). The van der Waals surface area contributed by atoms with Gasteiger partial charge in [0.05, 0.1) is 30.2 Å². The maximum atomic E-state index is 13.3. The van der Waals surface area contributed by atoms with Crippen LogP contribution >= 0.6 is 11.3 Å². The van der Waals surface area contributed by atoms with Gasteiger partial charge in [-0.15, -0.1) is 11.3 Å². The van der Waals surface area contributed by atoms with Crippen LogP contribution in [0, 0.1) is 0 Å². The summed E-state index contributed by atoms with van der Waals surface area (Å²) in [6.45, 7) is 8.93. The average Bonchev–Trinajstić information content (AvgIpc) is 3.34. The minimum absolute atomic E-state index is 0.0691. The molecule has 14 heteroatoms. The Morgan fingerprint density at radius 3 is 2.14 bits per heavy atom. The number of amides is 4. The van der Waals surface area contributed by atoms with Crippen molar-refractivity contribution in [2.75, 3.05) is 38.2 Å². The summed E-state index contributed by atoms with van der Waals surface area (Å²) in [5, 5.41) is 5.13. The van der Waals surface area contributed by atoms with Gasteiger partial charge in [-0.3, -0.25) is 14.9 Å². The number of sulfonamides is 1. The highest BCUT2D eigenvalue weighted by Gasteiger charge is 2.32. The van der Waals surface area contributed by atoms with Crippen molar-refractivity contribution in [3.8, 4) is 0 Å². The van der Waals surface area contributed by atoms with Crippen molar-refractivity contribution in [3.63, 3.8) is 0 Å². The van der Waals surface area contributed by atoms with E-state index in [1.54, 1.807) is 13.8 Å². The molecule has 0 atom stereocenters. The molecular weight excluding hydrogens is 596 g/mol. The Hall–Kier alpha value is -3.49. The molecule has 0 unspecified atom stereocenters. The summed E-state index contributed by atoms with van der Waals surface area (Å²) < 4.78 is 38.0. The first-order valence-electron chi connectivity index (χ1n) is 14.5. The number of nitrogens with zero attached hydrogens (tertiary/aromatic N) is 2. The van der Waals surface area contributed by atoms with Crippen LogP contribution in [0.15, 0.2) is 29.2 Å². The number of alkyl carbamates (subject to hydrolysis) is 1. The van der Waals surface area contributed by atoms with Gasteiger partial charge in [-0.2, -0.15) is 4.31 Å². The van der Waals surface area contributed by atoms with Gasteiger partial charge in [0.1, 0.15) is 5.00 Å². The van der Waals surface area contributed by atoms with Crippen molar-refractivity contribution in [2.45, 2.75) is 71.2 Å². The van der Waals surface area contributed by atoms with Gasteiger partial charge < -0.3 is 19.7 Å². The summed E-state index contributed by atoms with van der Waals surface area (Å²) in [5.41, 5.74) is 0.916. The fourth-order valence-electron chi connectivity index (χ4n) is 4.55. The van der Waals surface area contributed by atoms with Gasteiger partial charge in [-0.1, -0.05) is 26.7 Å². The van der Waals surface area contributed by atoms with Gasteiger partial charge in [-0.25, -0.2) is 18.0 Å². The molecule has 1 aromatic carbocycles. The summed E-state index contributed by atoms with van der Waals surface area (Å²) >= 11 is 1.12. The first kappa shape index (κ1) is 34.0. The van der Waals surface area contributed by atoms with Gasteiger partial charge in [-0.05, 0) is 62.9 Å². The largest absolute Gasteiger partial charge is 0.450 e. The normalized spacial score (nSPS) is 12.9. The molecule has 0 fully saturated rings. The van der Waals surface area contributed by atoms with E-state index in [1.807, 2.05) is 13.8 Å². The lowest BCUT2D eigenvalue weighted by atomic mass is 10.0. The molecule has 12 nitrogen and oxygen atoms in total. The number of hydrogen-bond donors (Lipinski definition) is 2. The fraction of sp³-hybridized carbons (Fsp3) is 0.517. The van der Waals surface area contributed by atoms with Crippen LogP contribution in [0.5, 0.6) is 0 Å². The van der Waals surface area contributed by atoms with E-state index in [1.165, 1.54) is 33.5 Å². The second kappa shape index (κ2) is 15.8. The number of fused-ring (bicyclic) bond motifs is 1. The molecular formula is C29H40N4O8S2. The van der Waals surface area contributed by atoms with Gasteiger partial charge in [0.15, 0.2) is 0 Å². The van der Waals surface area contributed by atoms with E-state index in [-0.39, 0.29) is 40.8 Å². The number of benzene rings is 1. The number of carbonyl (C=O) groups is 4. The average molecular weight is 637 g/mol. The lowest BCUT2D eigenvalue weighted by Gasteiger charge is -2.26.